The van der Waals surface area contributed by atoms with E-state index in [1.165, 1.54) is 44.8 Å². The number of benzene rings is 2. The number of anilines is 1. The van der Waals surface area contributed by atoms with Gasteiger partial charge in [-0.15, -0.1) is 0 Å². The van der Waals surface area contributed by atoms with Crippen LogP contribution in [0.25, 0.3) is 10.2 Å². The summed E-state index contributed by atoms with van der Waals surface area (Å²) >= 11 is 1.40. The number of nitrogens with one attached hydrogen (secondary N) is 1. The van der Waals surface area contributed by atoms with Crippen molar-refractivity contribution in [2.24, 2.45) is 0 Å². The fourth-order valence-corrected chi connectivity index (χ4v) is 6.31. The van der Waals surface area contributed by atoms with E-state index in [0.29, 0.717) is 10.7 Å². The van der Waals surface area contributed by atoms with Crippen molar-refractivity contribution in [3.8, 4) is 0 Å². The lowest BCUT2D eigenvalue weighted by molar-refractivity contribution is 0.0933. The molecule has 1 aliphatic rings. The molecular formula is C23H26N4O5S2. The molecular weight excluding hydrogens is 476 g/mol. The van der Waals surface area contributed by atoms with E-state index in [9.17, 15) is 18.0 Å². The number of carbonyl (C=O) groups is 2. The molecule has 0 atom stereocenters. The van der Waals surface area contributed by atoms with Crippen LogP contribution in [-0.2, 0) is 14.8 Å². The molecule has 9 nitrogen and oxygen atoms in total. The Morgan fingerprint density at radius 1 is 1.09 bits per heavy atom. The number of ether oxygens (including phenoxy) is 1. The van der Waals surface area contributed by atoms with Crippen LogP contribution in [0.15, 0.2) is 41.3 Å². The van der Waals surface area contributed by atoms with E-state index in [2.05, 4.69) is 10.3 Å². The number of fused-ring (bicyclic) bond motifs is 1. The van der Waals surface area contributed by atoms with Crippen molar-refractivity contribution in [1.82, 2.24) is 14.2 Å². The van der Waals surface area contributed by atoms with Crippen molar-refractivity contribution >= 4 is 48.7 Å². The molecule has 0 aliphatic carbocycles. The highest BCUT2D eigenvalue weighted by Gasteiger charge is 2.30. The van der Waals surface area contributed by atoms with Crippen LogP contribution in [0.3, 0.4) is 0 Å². The molecule has 180 valence electrons. The van der Waals surface area contributed by atoms with Gasteiger partial charge in [-0.05, 0) is 62.2 Å². The SMILES string of the molecule is CCOC(=O)N1CCN(S(=O)(=O)c2ccc(C(=O)Nc3nc4c(C)cc(C)cc4s3)cc2)CC1. The second kappa shape index (κ2) is 9.69. The third kappa shape index (κ3) is 4.91. The van der Waals surface area contributed by atoms with E-state index >= 15 is 0 Å². The van der Waals surface area contributed by atoms with Crippen LogP contribution < -0.4 is 5.32 Å². The summed E-state index contributed by atoms with van der Waals surface area (Å²) in [6.07, 6.45) is -0.437. The first kappa shape index (κ1) is 24.1. The molecule has 1 aromatic heterocycles. The molecule has 34 heavy (non-hydrogen) atoms. The number of carbonyl (C=O) groups excluding carboxylic acids is 2. The van der Waals surface area contributed by atoms with Gasteiger partial charge in [0.05, 0.1) is 21.7 Å². The van der Waals surface area contributed by atoms with E-state index in [-0.39, 0.29) is 43.6 Å². The summed E-state index contributed by atoms with van der Waals surface area (Å²) < 4.78 is 33.3. The molecule has 2 amide bonds. The van der Waals surface area contributed by atoms with Crippen molar-refractivity contribution < 1.29 is 22.7 Å². The summed E-state index contributed by atoms with van der Waals surface area (Å²) in [5, 5.41) is 3.29. The number of sulfonamides is 1. The lowest BCUT2D eigenvalue weighted by atomic mass is 10.1. The third-order valence-electron chi connectivity index (χ3n) is 5.57. The molecule has 1 aliphatic heterocycles. The van der Waals surface area contributed by atoms with E-state index in [0.717, 1.165) is 21.3 Å². The van der Waals surface area contributed by atoms with Gasteiger partial charge in [-0.25, -0.2) is 18.2 Å². The largest absolute Gasteiger partial charge is 0.450 e. The Balaban J connectivity index is 1.43. The molecule has 0 bridgehead atoms. The maximum Gasteiger partial charge on any atom is 0.409 e. The molecule has 2 heterocycles. The number of amides is 2. The highest BCUT2D eigenvalue weighted by Crippen LogP contribution is 2.29. The van der Waals surface area contributed by atoms with Gasteiger partial charge < -0.3 is 9.64 Å². The van der Waals surface area contributed by atoms with Gasteiger partial charge in [0.25, 0.3) is 5.91 Å². The smallest absolute Gasteiger partial charge is 0.409 e. The molecule has 1 N–H and O–H groups in total. The predicted octanol–water partition coefficient (Wildman–Crippen LogP) is 3.63. The zero-order valence-corrected chi connectivity index (χ0v) is 20.8. The monoisotopic (exact) mass is 502 g/mol. The van der Waals surface area contributed by atoms with Crippen LogP contribution >= 0.6 is 11.3 Å². The number of thiazole rings is 1. The number of aromatic nitrogens is 1. The fourth-order valence-electron chi connectivity index (χ4n) is 3.85. The second-order valence-electron chi connectivity index (χ2n) is 8.02. The van der Waals surface area contributed by atoms with Crippen LogP contribution in [-0.4, -0.2) is 67.4 Å². The van der Waals surface area contributed by atoms with Crippen LogP contribution in [0.2, 0.25) is 0 Å². The molecule has 0 saturated carbocycles. The Labute approximate surface area is 202 Å². The molecule has 3 aromatic rings. The number of hydrogen-bond donors (Lipinski definition) is 1. The van der Waals surface area contributed by atoms with Gasteiger partial charge in [0.15, 0.2) is 5.13 Å². The Bertz CT molecular complexity index is 1330. The Kier molecular flexibility index (Phi) is 6.87. The summed E-state index contributed by atoms with van der Waals surface area (Å²) in [4.78, 5) is 30.6. The van der Waals surface area contributed by atoms with Gasteiger partial charge in [-0.1, -0.05) is 17.4 Å². The molecule has 0 unspecified atom stereocenters. The van der Waals surface area contributed by atoms with Gasteiger partial charge in [-0.3, -0.25) is 10.1 Å². The normalized spacial score (nSPS) is 14.9. The molecule has 0 radical (unpaired) electrons. The summed E-state index contributed by atoms with van der Waals surface area (Å²) in [7, 11) is -3.74. The Hall–Kier alpha value is -3.02. The maximum absolute atomic E-state index is 13.0. The van der Waals surface area contributed by atoms with Gasteiger partial charge >= 0.3 is 6.09 Å². The van der Waals surface area contributed by atoms with Gasteiger partial charge in [-0.2, -0.15) is 4.31 Å². The third-order valence-corrected chi connectivity index (χ3v) is 8.40. The van der Waals surface area contributed by atoms with Crippen molar-refractivity contribution in [2.45, 2.75) is 25.7 Å². The molecule has 2 aromatic carbocycles. The standard InChI is InChI=1S/C23H26N4O5S2/c1-4-32-23(29)26-9-11-27(12-10-26)34(30,31)18-7-5-17(6-8-18)21(28)25-22-24-20-16(3)13-15(2)14-19(20)33-22/h5-8,13-14H,4,9-12H2,1-3H3,(H,24,25,28). The van der Waals surface area contributed by atoms with E-state index in [1.807, 2.05) is 26.0 Å². The zero-order chi connectivity index (χ0) is 24.5. The molecule has 1 saturated heterocycles. The average Bonchev–Trinajstić information content (AvgIpc) is 3.22. The summed E-state index contributed by atoms with van der Waals surface area (Å²) in [6, 6.07) is 9.90. The Morgan fingerprint density at radius 2 is 1.76 bits per heavy atom. The number of rotatable bonds is 5. The zero-order valence-electron chi connectivity index (χ0n) is 19.2. The second-order valence-corrected chi connectivity index (χ2v) is 11.0. The summed E-state index contributed by atoms with van der Waals surface area (Å²) in [6.45, 7) is 6.88. The fraction of sp³-hybridized carbons (Fsp3) is 0.348. The lowest BCUT2D eigenvalue weighted by Crippen LogP contribution is -2.50. The summed E-state index contributed by atoms with van der Waals surface area (Å²) in [5.41, 5.74) is 3.36. The van der Waals surface area contributed by atoms with Gasteiger partial charge in [0.2, 0.25) is 10.0 Å². The molecule has 4 rings (SSSR count). The van der Waals surface area contributed by atoms with Gasteiger partial charge in [0, 0.05) is 31.7 Å². The topological polar surface area (TPSA) is 109 Å². The lowest BCUT2D eigenvalue weighted by Gasteiger charge is -2.33. The minimum Gasteiger partial charge on any atom is -0.450 e. The first-order valence-corrected chi connectivity index (χ1v) is 13.2. The van der Waals surface area contributed by atoms with E-state index in [1.54, 1.807) is 6.92 Å². The average molecular weight is 503 g/mol. The van der Waals surface area contributed by atoms with E-state index < -0.39 is 16.1 Å². The molecule has 1 fully saturated rings. The van der Waals surface area contributed by atoms with Crippen molar-refractivity contribution in [1.29, 1.82) is 0 Å². The van der Waals surface area contributed by atoms with Gasteiger partial charge in [0.1, 0.15) is 0 Å². The molecule has 0 spiro atoms. The highest BCUT2D eigenvalue weighted by atomic mass is 32.2. The summed E-state index contributed by atoms with van der Waals surface area (Å²) in [5.74, 6) is -0.361. The van der Waals surface area contributed by atoms with Crippen LogP contribution in [0.4, 0.5) is 9.93 Å². The number of piperazine rings is 1. The quantitative estimate of drug-likeness (QED) is 0.571. The van der Waals surface area contributed by atoms with Crippen LogP contribution in [0.5, 0.6) is 0 Å². The first-order chi connectivity index (χ1) is 16.2. The predicted molar refractivity (Wildman–Crippen MR) is 131 cm³/mol. The van der Waals surface area contributed by atoms with Crippen LogP contribution in [0.1, 0.15) is 28.4 Å². The highest BCUT2D eigenvalue weighted by molar-refractivity contribution is 7.89. The first-order valence-electron chi connectivity index (χ1n) is 10.9. The number of nitrogens with zero attached hydrogens (tertiary/aromatic N) is 3. The van der Waals surface area contributed by atoms with Crippen molar-refractivity contribution in [2.75, 3.05) is 38.1 Å². The maximum atomic E-state index is 13.0. The van der Waals surface area contributed by atoms with Crippen molar-refractivity contribution in [3.63, 3.8) is 0 Å². The number of aryl methyl sites for hydroxylation is 2. The van der Waals surface area contributed by atoms with Crippen molar-refractivity contribution in [3.05, 3.63) is 53.1 Å². The minimum atomic E-state index is -3.74. The molecule has 11 heteroatoms. The minimum absolute atomic E-state index is 0.0970. The van der Waals surface area contributed by atoms with Crippen LogP contribution in [0, 0.1) is 13.8 Å². The Morgan fingerprint density at radius 3 is 2.41 bits per heavy atom. The van der Waals surface area contributed by atoms with E-state index in [4.69, 9.17) is 4.74 Å². The number of hydrogen-bond acceptors (Lipinski definition) is 7.